The summed E-state index contributed by atoms with van der Waals surface area (Å²) in [5, 5.41) is 19.5. The molecule has 0 saturated carbocycles. The van der Waals surface area contributed by atoms with Gasteiger partial charge in [0.05, 0.1) is 7.11 Å². The Labute approximate surface area is 161 Å². The average molecular weight is 381 g/mol. The van der Waals surface area contributed by atoms with Crippen LogP contribution in [0.1, 0.15) is 32.1 Å². The number of aromatic carboxylic acids is 2. The van der Waals surface area contributed by atoms with E-state index in [4.69, 9.17) is 9.47 Å². The molecule has 1 aromatic heterocycles. The van der Waals surface area contributed by atoms with Crippen molar-refractivity contribution >= 4 is 11.9 Å². The molecule has 0 bridgehead atoms. The van der Waals surface area contributed by atoms with Crippen molar-refractivity contribution in [2.75, 3.05) is 7.11 Å². The maximum atomic E-state index is 12.0. The first-order chi connectivity index (χ1) is 13.4. The Morgan fingerprint density at radius 1 is 0.929 bits per heavy atom. The molecule has 0 unspecified atom stereocenters. The average Bonchev–Trinajstić information content (AvgIpc) is 3.00. The zero-order chi connectivity index (χ0) is 20.3. The lowest BCUT2D eigenvalue weighted by Crippen LogP contribution is -2.13. The van der Waals surface area contributed by atoms with Crippen LogP contribution >= 0.6 is 0 Å². The standard InChI is InChI=1S/C21H19NO6/c1-13-17(20(23)24)22(15-8-10-16(27-2)11-9-15)18(21(25)26)19(13)28-12-14-6-4-3-5-7-14/h3-11H,12H2,1-2H3,(H,23,24)(H,25,26). The fraction of sp³-hybridized carbons (Fsp3) is 0.143. The smallest absolute Gasteiger partial charge is 0.356 e. The van der Waals surface area contributed by atoms with Crippen molar-refractivity contribution in [3.8, 4) is 17.2 Å². The van der Waals surface area contributed by atoms with Gasteiger partial charge in [-0.1, -0.05) is 30.3 Å². The highest BCUT2D eigenvalue weighted by Gasteiger charge is 2.30. The lowest BCUT2D eigenvalue weighted by atomic mass is 10.2. The topological polar surface area (TPSA) is 98.0 Å². The minimum atomic E-state index is -1.28. The molecule has 0 spiro atoms. The summed E-state index contributed by atoms with van der Waals surface area (Å²) in [7, 11) is 1.51. The van der Waals surface area contributed by atoms with Crippen LogP contribution in [0.4, 0.5) is 0 Å². The monoisotopic (exact) mass is 381 g/mol. The van der Waals surface area contributed by atoms with Crippen LogP contribution in [0.3, 0.4) is 0 Å². The SMILES string of the molecule is COc1ccc(-n2c(C(=O)O)c(C)c(OCc3ccccc3)c2C(=O)O)cc1. The van der Waals surface area contributed by atoms with Crippen molar-refractivity contribution in [3.05, 3.63) is 77.1 Å². The molecule has 0 saturated heterocycles. The summed E-state index contributed by atoms with van der Waals surface area (Å²) in [4.78, 5) is 23.9. The van der Waals surface area contributed by atoms with Crippen LogP contribution in [0, 0.1) is 6.92 Å². The number of aromatic nitrogens is 1. The predicted molar refractivity (Wildman–Crippen MR) is 102 cm³/mol. The van der Waals surface area contributed by atoms with Crippen molar-refractivity contribution in [2.45, 2.75) is 13.5 Å². The van der Waals surface area contributed by atoms with Crippen LogP contribution in [-0.4, -0.2) is 33.8 Å². The Bertz CT molecular complexity index is 1010. The van der Waals surface area contributed by atoms with E-state index in [0.717, 1.165) is 5.56 Å². The number of ether oxygens (including phenoxy) is 2. The zero-order valence-corrected chi connectivity index (χ0v) is 15.4. The first kappa shape index (κ1) is 19.0. The van der Waals surface area contributed by atoms with Crippen LogP contribution < -0.4 is 9.47 Å². The van der Waals surface area contributed by atoms with Gasteiger partial charge >= 0.3 is 11.9 Å². The molecule has 3 aromatic rings. The molecule has 0 aliphatic carbocycles. The summed E-state index contributed by atoms with van der Waals surface area (Å²) in [6, 6.07) is 15.7. The van der Waals surface area contributed by atoms with Gasteiger partial charge in [0.2, 0.25) is 0 Å². The summed E-state index contributed by atoms with van der Waals surface area (Å²) < 4.78 is 12.1. The minimum absolute atomic E-state index is 0.0320. The Kier molecular flexibility index (Phi) is 5.35. The number of carboxylic acids is 2. The third-order valence-corrected chi connectivity index (χ3v) is 4.32. The van der Waals surface area contributed by atoms with E-state index < -0.39 is 11.9 Å². The zero-order valence-electron chi connectivity index (χ0n) is 15.4. The van der Waals surface area contributed by atoms with Crippen LogP contribution in [0.25, 0.3) is 5.69 Å². The van der Waals surface area contributed by atoms with Gasteiger partial charge in [-0.15, -0.1) is 0 Å². The third-order valence-electron chi connectivity index (χ3n) is 4.32. The number of hydrogen-bond acceptors (Lipinski definition) is 4. The predicted octanol–water partition coefficient (Wildman–Crippen LogP) is 3.77. The van der Waals surface area contributed by atoms with Crippen molar-refractivity contribution in [1.29, 1.82) is 0 Å². The van der Waals surface area contributed by atoms with E-state index in [2.05, 4.69) is 0 Å². The fourth-order valence-corrected chi connectivity index (χ4v) is 3.01. The normalized spacial score (nSPS) is 10.5. The number of benzene rings is 2. The van der Waals surface area contributed by atoms with Crippen molar-refractivity contribution in [1.82, 2.24) is 4.57 Å². The Hall–Kier alpha value is -3.74. The molecule has 0 aliphatic heterocycles. The molecule has 7 heteroatoms. The Morgan fingerprint density at radius 2 is 1.54 bits per heavy atom. The largest absolute Gasteiger partial charge is 0.497 e. The van der Waals surface area contributed by atoms with Crippen molar-refractivity contribution in [3.63, 3.8) is 0 Å². The van der Waals surface area contributed by atoms with Gasteiger partial charge in [0, 0.05) is 11.3 Å². The van der Waals surface area contributed by atoms with Gasteiger partial charge in [-0.25, -0.2) is 9.59 Å². The first-order valence-electron chi connectivity index (χ1n) is 8.47. The van der Waals surface area contributed by atoms with E-state index in [0.29, 0.717) is 11.4 Å². The Morgan fingerprint density at radius 3 is 2.07 bits per heavy atom. The van der Waals surface area contributed by atoms with Gasteiger partial charge in [0.1, 0.15) is 18.1 Å². The molecule has 2 aromatic carbocycles. The Balaban J connectivity index is 2.14. The highest BCUT2D eigenvalue weighted by molar-refractivity contribution is 5.97. The molecule has 7 nitrogen and oxygen atoms in total. The van der Waals surface area contributed by atoms with Gasteiger partial charge < -0.3 is 19.7 Å². The first-order valence-corrected chi connectivity index (χ1v) is 8.47. The quantitative estimate of drug-likeness (QED) is 0.646. The molecule has 0 radical (unpaired) electrons. The molecule has 0 aliphatic rings. The van der Waals surface area contributed by atoms with E-state index in [1.54, 1.807) is 24.3 Å². The lowest BCUT2D eigenvalue weighted by molar-refractivity contribution is 0.0680. The van der Waals surface area contributed by atoms with Crippen LogP contribution in [0.2, 0.25) is 0 Å². The van der Waals surface area contributed by atoms with E-state index in [-0.39, 0.29) is 29.3 Å². The number of carboxylic acid groups (broad SMARTS) is 2. The maximum absolute atomic E-state index is 12.0. The summed E-state index contributed by atoms with van der Waals surface area (Å²) in [5.74, 6) is -1.92. The maximum Gasteiger partial charge on any atom is 0.356 e. The lowest BCUT2D eigenvalue weighted by Gasteiger charge is -2.11. The minimum Gasteiger partial charge on any atom is -0.497 e. The van der Waals surface area contributed by atoms with Gasteiger partial charge in [0.25, 0.3) is 0 Å². The summed E-state index contributed by atoms with van der Waals surface area (Å²) in [6.07, 6.45) is 0. The van der Waals surface area contributed by atoms with Crippen molar-refractivity contribution in [2.24, 2.45) is 0 Å². The van der Waals surface area contributed by atoms with Crippen LogP contribution in [0.15, 0.2) is 54.6 Å². The second-order valence-electron chi connectivity index (χ2n) is 6.07. The highest BCUT2D eigenvalue weighted by Crippen LogP contribution is 2.34. The van der Waals surface area contributed by atoms with E-state index in [1.807, 2.05) is 30.3 Å². The fourth-order valence-electron chi connectivity index (χ4n) is 3.01. The van der Waals surface area contributed by atoms with E-state index >= 15 is 0 Å². The second kappa shape index (κ2) is 7.87. The van der Waals surface area contributed by atoms with Crippen LogP contribution in [0.5, 0.6) is 11.5 Å². The van der Waals surface area contributed by atoms with Gasteiger partial charge in [-0.05, 0) is 36.8 Å². The van der Waals surface area contributed by atoms with E-state index in [9.17, 15) is 19.8 Å². The summed E-state index contributed by atoms with van der Waals surface area (Å²) in [6.45, 7) is 1.66. The molecule has 0 fully saturated rings. The molecule has 1 heterocycles. The molecular formula is C21H19NO6. The molecular weight excluding hydrogens is 362 g/mol. The summed E-state index contributed by atoms with van der Waals surface area (Å²) in [5.41, 5.74) is 1.07. The molecule has 0 amide bonds. The van der Waals surface area contributed by atoms with Gasteiger partial charge in [-0.3, -0.25) is 4.57 Å². The number of methoxy groups -OCH3 is 1. The van der Waals surface area contributed by atoms with Crippen LogP contribution in [-0.2, 0) is 6.61 Å². The van der Waals surface area contributed by atoms with E-state index in [1.165, 1.54) is 18.6 Å². The summed E-state index contributed by atoms with van der Waals surface area (Å²) >= 11 is 0. The third kappa shape index (κ3) is 3.55. The molecule has 3 rings (SSSR count). The number of hydrogen-bond donors (Lipinski definition) is 2. The second-order valence-corrected chi connectivity index (χ2v) is 6.07. The number of rotatable bonds is 7. The number of nitrogens with zero attached hydrogens (tertiary/aromatic N) is 1. The molecule has 2 N–H and O–H groups in total. The highest BCUT2D eigenvalue weighted by atomic mass is 16.5. The molecule has 144 valence electrons. The van der Waals surface area contributed by atoms with Gasteiger partial charge in [0.15, 0.2) is 11.4 Å². The molecule has 0 atom stereocenters. The number of carbonyl (C=O) groups is 2. The van der Waals surface area contributed by atoms with Gasteiger partial charge in [-0.2, -0.15) is 0 Å². The molecule has 28 heavy (non-hydrogen) atoms. The van der Waals surface area contributed by atoms with Crippen molar-refractivity contribution < 1.29 is 29.3 Å².